The first kappa shape index (κ1) is 14.8. The van der Waals surface area contributed by atoms with Crippen LogP contribution in [0.15, 0.2) is 24.3 Å². The highest BCUT2D eigenvalue weighted by molar-refractivity contribution is 5.79. The predicted molar refractivity (Wildman–Crippen MR) is 79.2 cm³/mol. The van der Waals surface area contributed by atoms with Crippen molar-refractivity contribution in [3.05, 3.63) is 30.1 Å². The molecule has 1 heterocycles. The van der Waals surface area contributed by atoms with Crippen molar-refractivity contribution in [1.29, 1.82) is 0 Å². The van der Waals surface area contributed by atoms with Gasteiger partial charge in [-0.25, -0.2) is 4.39 Å². The fraction of sp³-hybridized carbons (Fsp3) is 0.562. The number of hydrogen-bond donors (Lipinski definition) is 1. The maximum Gasteiger partial charge on any atom is 0.223 e. The van der Waals surface area contributed by atoms with Crippen LogP contribution >= 0.6 is 0 Å². The summed E-state index contributed by atoms with van der Waals surface area (Å²) in [5.41, 5.74) is 0.893. The van der Waals surface area contributed by atoms with Crippen LogP contribution in [-0.2, 0) is 4.79 Å². The summed E-state index contributed by atoms with van der Waals surface area (Å²) in [4.78, 5) is 14.2. The van der Waals surface area contributed by atoms with Gasteiger partial charge in [-0.2, -0.15) is 0 Å². The van der Waals surface area contributed by atoms with Gasteiger partial charge >= 0.3 is 0 Å². The summed E-state index contributed by atoms with van der Waals surface area (Å²) in [7, 11) is 0. The Bertz CT molecular complexity index is 460. The fourth-order valence-corrected chi connectivity index (χ4v) is 2.76. The van der Waals surface area contributed by atoms with Crippen LogP contribution in [0.5, 0.6) is 0 Å². The van der Waals surface area contributed by atoms with E-state index in [0.29, 0.717) is 0 Å². The number of amides is 1. The van der Waals surface area contributed by atoms with E-state index in [9.17, 15) is 9.18 Å². The van der Waals surface area contributed by atoms with Crippen LogP contribution in [-0.4, -0.2) is 25.0 Å². The molecule has 1 atom stereocenters. The van der Waals surface area contributed by atoms with E-state index in [1.54, 1.807) is 12.1 Å². The minimum Gasteiger partial charge on any atom is -0.369 e. The molecule has 1 amide bonds. The monoisotopic (exact) mass is 278 g/mol. The Morgan fingerprint density at radius 2 is 2.20 bits per heavy atom. The maximum absolute atomic E-state index is 13.2. The topological polar surface area (TPSA) is 32.3 Å². The summed E-state index contributed by atoms with van der Waals surface area (Å²) >= 11 is 0. The first-order valence-corrected chi connectivity index (χ1v) is 7.45. The van der Waals surface area contributed by atoms with Crippen LogP contribution in [0.3, 0.4) is 0 Å². The van der Waals surface area contributed by atoms with E-state index in [1.165, 1.54) is 6.07 Å². The Morgan fingerprint density at radius 3 is 2.85 bits per heavy atom. The lowest BCUT2D eigenvalue weighted by atomic mass is 10.0. The number of anilines is 1. The average molecular weight is 278 g/mol. The lowest BCUT2D eigenvalue weighted by Crippen LogP contribution is -2.40. The third-order valence-corrected chi connectivity index (χ3v) is 4.06. The van der Waals surface area contributed by atoms with Gasteiger partial charge in [0, 0.05) is 30.7 Å². The third kappa shape index (κ3) is 3.50. The van der Waals surface area contributed by atoms with Gasteiger partial charge in [-0.3, -0.25) is 4.79 Å². The summed E-state index contributed by atoms with van der Waals surface area (Å²) in [5, 5.41) is 3.12. The van der Waals surface area contributed by atoms with Crippen molar-refractivity contribution in [2.75, 3.05) is 18.0 Å². The quantitative estimate of drug-likeness (QED) is 0.898. The molecule has 1 unspecified atom stereocenters. The Labute approximate surface area is 120 Å². The summed E-state index contributed by atoms with van der Waals surface area (Å²) in [6, 6.07) is 6.80. The minimum atomic E-state index is -0.216. The molecule has 1 fully saturated rings. The fourth-order valence-electron chi connectivity index (χ4n) is 2.76. The number of benzene rings is 1. The van der Waals surface area contributed by atoms with Crippen molar-refractivity contribution in [2.45, 2.75) is 39.2 Å². The number of hydrogen-bond acceptors (Lipinski definition) is 2. The van der Waals surface area contributed by atoms with Crippen LogP contribution < -0.4 is 10.2 Å². The van der Waals surface area contributed by atoms with Crippen LogP contribution in [0.4, 0.5) is 10.1 Å². The molecule has 0 radical (unpaired) electrons. The van der Waals surface area contributed by atoms with Crippen molar-refractivity contribution in [1.82, 2.24) is 5.32 Å². The Kier molecular flexibility index (Phi) is 4.99. The molecule has 1 aromatic rings. The Hall–Kier alpha value is -1.58. The number of rotatable bonds is 5. The molecule has 1 N–H and O–H groups in total. The zero-order valence-electron chi connectivity index (χ0n) is 12.2. The van der Waals surface area contributed by atoms with Gasteiger partial charge in [0.1, 0.15) is 5.82 Å². The molecule has 0 spiro atoms. The standard InChI is InChI=1S/C16H23FN2O/c1-3-12(4-2)16(20)18-14-8-9-19(11-14)15-7-5-6-13(17)10-15/h5-7,10,12,14H,3-4,8-9,11H2,1-2H3,(H,18,20). The van der Waals surface area contributed by atoms with Crippen molar-refractivity contribution in [3.8, 4) is 0 Å². The van der Waals surface area contributed by atoms with Crippen LogP contribution in [0.25, 0.3) is 0 Å². The van der Waals surface area contributed by atoms with E-state index in [0.717, 1.165) is 38.0 Å². The lowest BCUT2D eigenvalue weighted by molar-refractivity contribution is -0.125. The molecule has 1 saturated heterocycles. The van der Waals surface area contributed by atoms with Gasteiger partial charge in [0.25, 0.3) is 0 Å². The Balaban J connectivity index is 1.91. The molecule has 3 nitrogen and oxygen atoms in total. The summed E-state index contributed by atoms with van der Waals surface area (Å²) in [6.45, 7) is 5.70. The second kappa shape index (κ2) is 6.73. The van der Waals surface area contributed by atoms with Crippen molar-refractivity contribution < 1.29 is 9.18 Å². The predicted octanol–water partition coefficient (Wildman–Crippen LogP) is 2.96. The van der Waals surface area contributed by atoms with E-state index < -0.39 is 0 Å². The van der Waals surface area contributed by atoms with E-state index in [1.807, 2.05) is 19.9 Å². The molecule has 1 aliphatic rings. The smallest absolute Gasteiger partial charge is 0.223 e. The van der Waals surface area contributed by atoms with Crippen LogP contribution in [0.1, 0.15) is 33.1 Å². The molecule has 1 aromatic carbocycles. The van der Waals surface area contributed by atoms with E-state index in [4.69, 9.17) is 0 Å². The van der Waals surface area contributed by atoms with Gasteiger partial charge in [-0.1, -0.05) is 19.9 Å². The van der Waals surface area contributed by atoms with Crippen LogP contribution in [0.2, 0.25) is 0 Å². The van der Waals surface area contributed by atoms with Gasteiger partial charge in [-0.05, 0) is 37.5 Å². The normalized spacial score (nSPS) is 18.6. The molecule has 4 heteroatoms. The molecular weight excluding hydrogens is 255 g/mol. The zero-order chi connectivity index (χ0) is 14.5. The first-order valence-electron chi connectivity index (χ1n) is 7.45. The summed E-state index contributed by atoms with van der Waals surface area (Å²) < 4.78 is 13.2. The van der Waals surface area contributed by atoms with Crippen molar-refractivity contribution >= 4 is 11.6 Å². The molecule has 2 rings (SSSR count). The number of nitrogens with zero attached hydrogens (tertiary/aromatic N) is 1. The average Bonchev–Trinajstić information content (AvgIpc) is 2.88. The molecular formula is C16H23FN2O. The van der Waals surface area contributed by atoms with Crippen molar-refractivity contribution in [3.63, 3.8) is 0 Å². The molecule has 0 aliphatic carbocycles. The SMILES string of the molecule is CCC(CC)C(=O)NC1CCN(c2cccc(F)c2)C1. The highest BCUT2D eigenvalue weighted by Gasteiger charge is 2.26. The second-order valence-corrected chi connectivity index (χ2v) is 5.43. The second-order valence-electron chi connectivity index (χ2n) is 5.43. The third-order valence-electron chi connectivity index (χ3n) is 4.06. The molecule has 20 heavy (non-hydrogen) atoms. The van der Waals surface area contributed by atoms with E-state index in [2.05, 4.69) is 10.2 Å². The Morgan fingerprint density at radius 1 is 1.45 bits per heavy atom. The molecule has 0 saturated carbocycles. The van der Waals surface area contributed by atoms with Gasteiger partial charge in [0.2, 0.25) is 5.91 Å². The molecule has 1 aliphatic heterocycles. The maximum atomic E-state index is 13.2. The number of carbonyl (C=O) groups is 1. The first-order chi connectivity index (χ1) is 9.63. The number of carbonyl (C=O) groups excluding carboxylic acids is 1. The van der Waals surface area contributed by atoms with E-state index >= 15 is 0 Å². The highest BCUT2D eigenvalue weighted by atomic mass is 19.1. The van der Waals surface area contributed by atoms with Crippen LogP contribution in [0, 0.1) is 11.7 Å². The molecule has 0 aromatic heterocycles. The molecule has 0 bridgehead atoms. The molecule has 110 valence electrons. The van der Waals surface area contributed by atoms with Crippen molar-refractivity contribution in [2.24, 2.45) is 5.92 Å². The largest absolute Gasteiger partial charge is 0.369 e. The summed E-state index contributed by atoms with van der Waals surface area (Å²) in [5.74, 6) is 0.0475. The number of halogens is 1. The highest BCUT2D eigenvalue weighted by Crippen LogP contribution is 2.21. The minimum absolute atomic E-state index is 0.109. The lowest BCUT2D eigenvalue weighted by Gasteiger charge is -2.20. The van der Waals surface area contributed by atoms with Gasteiger partial charge in [0.15, 0.2) is 0 Å². The van der Waals surface area contributed by atoms with Gasteiger partial charge in [-0.15, -0.1) is 0 Å². The van der Waals surface area contributed by atoms with Gasteiger partial charge in [0.05, 0.1) is 0 Å². The van der Waals surface area contributed by atoms with E-state index in [-0.39, 0.29) is 23.7 Å². The summed E-state index contributed by atoms with van der Waals surface area (Å²) in [6.07, 6.45) is 2.67. The zero-order valence-corrected chi connectivity index (χ0v) is 12.2. The van der Waals surface area contributed by atoms with Gasteiger partial charge < -0.3 is 10.2 Å². The number of nitrogens with one attached hydrogen (secondary N) is 1.